The molecule has 0 unspecified atom stereocenters. The van der Waals surface area contributed by atoms with Crippen molar-refractivity contribution in [2.75, 3.05) is 5.75 Å². The fourth-order valence-electron chi connectivity index (χ4n) is 5.21. The highest BCUT2D eigenvalue weighted by molar-refractivity contribution is 7.99. The summed E-state index contributed by atoms with van der Waals surface area (Å²) in [6.07, 6.45) is 2.91. The van der Waals surface area contributed by atoms with Crippen molar-refractivity contribution in [3.8, 4) is 11.1 Å². The Hall–Kier alpha value is -4.03. The second kappa shape index (κ2) is 15.8. The number of aliphatic hydroxyl groups is 1. The van der Waals surface area contributed by atoms with Crippen LogP contribution in [0.3, 0.4) is 0 Å². The highest BCUT2D eigenvalue weighted by atomic mass is 32.2. The molecule has 45 heavy (non-hydrogen) atoms. The third kappa shape index (κ3) is 9.01. The van der Waals surface area contributed by atoms with Crippen LogP contribution in [0.2, 0.25) is 0 Å². The number of hydrogen-bond donors (Lipinski definition) is 3. The summed E-state index contributed by atoms with van der Waals surface area (Å²) in [5.41, 5.74) is 5.79. The Kier molecular flexibility index (Phi) is 11.4. The normalized spacial score (nSPS) is 18.0. The summed E-state index contributed by atoms with van der Waals surface area (Å²) in [6.45, 7) is 0.372. The summed E-state index contributed by atoms with van der Waals surface area (Å²) < 4.78 is 14.9. The quantitative estimate of drug-likeness (QED) is 0.121. The second-order valence-electron chi connectivity index (χ2n) is 11.0. The number of benzene rings is 3. The number of thioether (sulfide) groups is 1. The second-order valence-corrected chi connectivity index (χ2v) is 12.0. The van der Waals surface area contributed by atoms with Crippen molar-refractivity contribution in [1.82, 2.24) is 20.1 Å². The van der Waals surface area contributed by atoms with Crippen LogP contribution < -0.4 is 5.32 Å². The fraction of sp³-hybridized carbons (Fsp3) is 0.353. The number of unbranched alkanes of at least 4 members (excludes halogenated alkanes) is 1. The number of carbonyl (C=O) groups is 2. The SMILES string of the molecule is Cn1cnnc1SC[C@H]1C[C@@H](c2ccc(CO)cc2)O[C@@H](c2ccc(-c3ccccc3CNC(=O)CCCCC(=O)O)cc2)O1. The molecular weight excluding hydrogens is 592 g/mol. The van der Waals surface area contributed by atoms with Gasteiger partial charge >= 0.3 is 5.97 Å². The number of carboxylic acid groups (broad SMARTS) is 1. The predicted octanol–water partition coefficient (Wildman–Crippen LogP) is 5.57. The molecule has 2 heterocycles. The molecule has 1 fully saturated rings. The summed E-state index contributed by atoms with van der Waals surface area (Å²) in [5, 5.41) is 30.2. The lowest BCUT2D eigenvalue weighted by molar-refractivity contribution is -0.245. The van der Waals surface area contributed by atoms with Gasteiger partial charge in [0.15, 0.2) is 11.4 Å². The van der Waals surface area contributed by atoms with Crippen molar-refractivity contribution >= 4 is 23.6 Å². The summed E-state index contributed by atoms with van der Waals surface area (Å²) >= 11 is 1.60. The van der Waals surface area contributed by atoms with Gasteiger partial charge in [0.05, 0.1) is 18.8 Å². The molecule has 5 rings (SSSR count). The van der Waals surface area contributed by atoms with E-state index in [1.165, 1.54) is 0 Å². The summed E-state index contributed by atoms with van der Waals surface area (Å²) in [6, 6.07) is 23.9. The van der Waals surface area contributed by atoms with E-state index >= 15 is 0 Å². The number of carbonyl (C=O) groups excluding carboxylic acids is 1. The third-order valence-electron chi connectivity index (χ3n) is 7.71. The topological polar surface area (TPSA) is 136 Å². The van der Waals surface area contributed by atoms with E-state index < -0.39 is 12.3 Å². The highest BCUT2D eigenvalue weighted by Crippen LogP contribution is 2.40. The maximum absolute atomic E-state index is 12.3. The molecule has 1 aromatic heterocycles. The number of aryl methyl sites for hydroxylation is 1. The molecule has 1 aliphatic heterocycles. The molecule has 4 aromatic rings. The molecule has 1 aliphatic rings. The summed E-state index contributed by atoms with van der Waals surface area (Å²) in [4.78, 5) is 23.0. The van der Waals surface area contributed by atoms with Crippen molar-refractivity contribution in [2.24, 2.45) is 7.05 Å². The van der Waals surface area contributed by atoms with Gasteiger partial charge in [0.25, 0.3) is 0 Å². The molecule has 1 saturated heterocycles. The van der Waals surface area contributed by atoms with Crippen LogP contribution in [0.25, 0.3) is 11.1 Å². The molecular formula is C34H38N4O6S. The van der Waals surface area contributed by atoms with Crippen molar-refractivity contribution in [3.63, 3.8) is 0 Å². The molecule has 236 valence electrons. The van der Waals surface area contributed by atoms with Crippen LogP contribution in [-0.2, 0) is 39.3 Å². The van der Waals surface area contributed by atoms with E-state index in [0.29, 0.717) is 38.0 Å². The lowest BCUT2D eigenvalue weighted by Gasteiger charge is -2.36. The molecule has 0 aliphatic carbocycles. The van der Waals surface area contributed by atoms with Crippen LogP contribution in [0.5, 0.6) is 0 Å². The minimum Gasteiger partial charge on any atom is -0.481 e. The molecule has 0 bridgehead atoms. The molecule has 11 heteroatoms. The monoisotopic (exact) mass is 630 g/mol. The van der Waals surface area contributed by atoms with Crippen molar-refractivity contribution in [1.29, 1.82) is 0 Å². The van der Waals surface area contributed by atoms with E-state index in [1.54, 1.807) is 18.1 Å². The number of nitrogens with zero attached hydrogens (tertiary/aromatic N) is 3. The predicted molar refractivity (Wildman–Crippen MR) is 170 cm³/mol. The number of amides is 1. The number of carboxylic acids is 1. The lowest BCUT2D eigenvalue weighted by Crippen LogP contribution is -2.31. The summed E-state index contributed by atoms with van der Waals surface area (Å²) in [5.74, 6) is -0.249. The van der Waals surface area contributed by atoms with Gasteiger partial charge in [-0.1, -0.05) is 84.6 Å². The molecule has 0 radical (unpaired) electrons. The zero-order valence-corrected chi connectivity index (χ0v) is 26.0. The number of nitrogens with one attached hydrogen (secondary N) is 1. The van der Waals surface area contributed by atoms with Gasteiger partial charge < -0.3 is 29.6 Å². The van der Waals surface area contributed by atoms with E-state index in [-0.39, 0.29) is 31.1 Å². The third-order valence-corrected chi connectivity index (χ3v) is 8.88. The maximum Gasteiger partial charge on any atom is 0.303 e. The van der Waals surface area contributed by atoms with Crippen LogP contribution in [-0.4, -0.2) is 48.7 Å². The Bertz CT molecular complexity index is 1560. The molecule has 0 saturated carbocycles. The minimum atomic E-state index is -0.845. The van der Waals surface area contributed by atoms with Gasteiger partial charge in [0.2, 0.25) is 5.91 Å². The average Bonchev–Trinajstić information content (AvgIpc) is 3.49. The van der Waals surface area contributed by atoms with Gasteiger partial charge in [-0.3, -0.25) is 9.59 Å². The van der Waals surface area contributed by atoms with E-state index in [4.69, 9.17) is 14.6 Å². The number of aliphatic carboxylic acids is 1. The Morgan fingerprint density at radius 1 is 0.978 bits per heavy atom. The van der Waals surface area contributed by atoms with E-state index in [2.05, 4.69) is 15.5 Å². The smallest absolute Gasteiger partial charge is 0.303 e. The van der Waals surface area contributed by atoms with Crippen molar-refractivity contribution in [3.05, 3.63) is 101 Å². The highest BCUT2D eigenvalue weighted by Gasteiger charge is 2.32. The lowest BCUT2D eigenvalue weighted by atomic mass is 9.97. The van der Waals surface area contributed by atoms with Crippen LogP contribution in [0.15, 0.2) is 84.3 Å². The van der Waals surface area contributed by atoms with E-state index in [9.17, 15) is 14.7 Å². The number of rotatable bonds is 14. The van der Waals surface area contributed by atoms with Crippen LogP contribution in [0.4, 0.5) is 0 Å². The zero-order valence-electron chi connectivity index (χ0n) is 25.2. The first-order valence-electron chi connectivity index (χ1n) is 15.0. The number of aromatic nitrogens is 3. The minimum absolute atomic E-state index is 0.00898. The average molecular weight is 631 g/mol. The van der Waals surface area contributed by atoms with Crippen molar-refractivity contribution in [2.45, 2.75) is 68.9 Å². The molecule has 3 N–H and O–H groups in total. The van der Waals surface area contributed by atoms with Gasteiger partial charge in [-0.25, -0.2) is 0 Å². The van der Waals surface area contributed by atoms with Gasteiger partial charge in [-0.2, -0.15) is 0 Å². The Balaban J connectivity index is 1.27. The van der Waals surface area contributed by atoms with E-state index in [1.807, 2.05) is 84.4 Å². The largest absolute Gasteiger partial charge is 0.481 e. The first kappa shape index (κ1) is 32.4. The molecule has 3 aromatic carbocycles. The van der Waals surface area contributed by atoms with Gasteiger partial charge in [0, 0.05) is 44.2 Å². The van der Waals surface area contributed by atoms with E-state index in [0.717, 1.165) is 38.5 Å². The fourth-order valence-corrected chi connectivity index (χ4v) is 6.12. The zero-order chi connectivity index (χ0) is 31.6. The molecule has 1 amide bonds. The van der Waals surface area contributed by atoms with Crippen LogP contribution in [0, 0.1) is 0 Å². The first-order valence-corrected chi connectivity index (χ1v) is 16.0. The van der Waals surface area contributed by atoms with Gasteiger partial charge in [-0.05, 0) is 40.7 Å². The number of aliphatic hydroxyl groups excluding tert-OH is 1. The molecule has 3 atom stereocenters. The van der Waals surface area contributed by atoms with Gasteiger partial charge in [0.1, 0.15) is 6.33 Å². The number of ether oxygens (including phenoxy) is 2. The first-order chi connectivity index (χ1) is 21.9. The van der Waals surface area contributed by atoms with Crippen molar-refractivity contribution < 1.29 is 29.3 Å². The Labute approximate surface area is 266 Å². The van der Waals surface area contributed by atoms with Gasteiger partial charge in [-0.15, -0.1) is 10.2 Å². The summed E-state index contributed by atoms with van der Waals surface area (Å²) in [7, 11) is 1.92. The molecule has 10 nitrogen and oxygen atoms in total. The van der Waals surface area contributed by atoms with Crippen LogP contribution >= 0.6 is 11.8 Å². The Morgan fingerprint density at radius 3 is 2.42 bits per heavy atom. The standard InChI is InChI=1S/C34H38N4O6S/c1-38-22-36-37-34(38)45-21-28-18-30(25-12-10-23(20-39)11-13-25)44-33(43-28)26-16-14-24(15-17-26)29-7-3-2-6-27(29)19-35-31(40)8-4-5-9-32(41)42/h2-3,6-7,10-17,22,28,30,33,39H,4-5,8-9,18-21H2,1H3,(H,35,40)(H,41,42)/t28-,30+,33+/m1/s1. The molecule has 0 spiro atoms. The maximum atomic E-state index is 12.3. The van der Waals surface area contributed by atoms with Crippen LogP contribution in [0.1, 0.15) is 66.8 Å². The Morgan fingerprint density at radius 2 is 1.71 bits per heavy atom. The number of hydrogen-bond acceptors (Lipinski definition) is 8.